The Kier molecular flexibility index (Phi) is 4.04. The largest absolute Gasteiger partial charge is 0.477 e. The molecule has 1 fully saturated rings. The molecule has 0 radical (unpaired) electrons. The molecule has 1 aromatic heterocycles. The van der Waals surface area contributed by atoms with E-state index in [0.717, 1.165) is 12.8 Å². The Morgan fingerprint density at radius 2 is 1.90 bits per heavy atom. The van der Waals surface area contributed by atoms with E-state index in [4.69, 9.17) is 5.11 Å². The standard InChI is InChI=1S/C14H18N2O4/c1-16(9-14(20)7-2-3-8-14)12(17)10-5-4-6-11(15-10)13(18)19/h4-6,20H,2-3,7-9H2,1H3,(H,18,19). The van der Waals surface area contributed by atoms with Gasteiger partial charge in [0, 0.05) is 13.6 Å². The lowest BCUT2D eigenvalue weighted by Crippen LogP contribution is -2.42. The number of carbonyl (C=O) groups is 2. The molecule has 6 nitrogen and oxygen atoms in total. The first-order valence-electron chi connectivity index (χ1n) is 6.59. The average Bonchev–Trinajstić information content (AvgIpc) is 2.84. The van der Waals surface area contributed by atoms with Gasteiger partial charge in [-0.3, -0.25) is 4.79 Å². The van der Waals surface area contributed by atoms with E-state index in [1.54, 1.807) is 7.05 Å². The Bertz CT molecular complexity index is 524. The van der Waals surface area contributed by atoms with E-state index in [0.29, 0.717) is 12.8 Å². The van der Waals surface area contributed by atoms with E-state index in [9.17, 15) is 14.7 Å². The maximum absolute atomic E-state index is 12.2. The monoisotopic (exact) mass is 278 g/mol. The summed E-state index contributed by atoms with van der Waals surface area (Å²) in [7, 11) is 1.59. The van der Waals surface area contributed by atoms with Crippen molar-refractivity contribution in [2.75, 3.05) is 13.6 Å². The number of hydrogen-bond donors (Lipinski definition) is 2. The zero-order valence-corrected chi connectivity index (χ0v) is 11.4. The predicted octanol–water partition coefficient (Wildman–Crippen LogP) is 1.16. The van der Waals surface area contributed by atoms with Crippen molar-refractivity contribution in [1.29, 1.82) is 0 Å². The summed E-state index contributed by atoms with van der Waals surface area (Å²) in [5.74, 6) is -1.55. The van der Waals surface area contributed by atoms with Crippen molar-refractivity contribution in [3.63, 3.8) is 0 Å². The van der Waals surface area contributed by atoms with Gasteiger partial charge in [-0.05, 0) is 25.0 Å². The summed E-state index contributed by atoms with van der Waals surface area (Å²) in [6.07, 6.45) is 3.30. The Balaban J connectivity index is 2.10. The molecule has 1 saturated carbocycles. The van der Waals surface area contributed by atoms with Crippen LogP contribution in [0.5, 0.6) is 0 Å². The van der Waals surface area contributed by atoms with E-state index in [-0.39, 0.29) is 23.8 Å². The summed E-state index contributed by atoms with van der Waals surface area (Å²) in [5.41, 5.74) is -0.910. The number of nitrogens with zero attached hydrogens (tertiary/aromatic N) is 2. The Morgan fingerprint density at radius 3 is 2.50 bits per heavy atom. The van der Waals surface area contributed by atoms with Gasteiger partial charge in [0.25, 0.3) is 5.91 Å². The van der Waals surface area contributed by atoms with Crippen molar-refractivity contribution in [2.45, 2.75) is 31.3 Å². The van der Waals surface area contributed by atoms with E-state index >= 15 is 0 Å². The van der Waals surface area contributed by atoms with Crippen LogP contribution in [0.25, 0.3) is 0 Å². The molecule has 2 N–H and O–H groups in total. The van der Waals surface area contributed by atoms with Gasteiger partial charge in [0.1, 0.15) is 11.4 Å². The van der Waals surface area contributed by atoms with Crippen molar-refractivity contribution >= 4 is 11.9 Å². The van der Waals surface area contributed by atoms with E-state index in [1.807, 2.05) is 0 Å². The summed E-state index contributed by atoms with van der Waals surface area (Å²) >= 11 is 0. The number of aromatic nitrogens is 1. The number of rotatable bonds is 4. The third-order valence-corrected chi connectivity index (χ3v) is 3.60. The minimum Gasteiger partial charge on any atom is -0.477 e. The van der Waals surface area contributed by atoms with Crippen molar-refractivity contribution < 1.29 is 19.8 Å². The number of carbonyl (C=O) groups excluding carboxylic acids is 1. The average molecular weight is 278 g/mol. The van der Waals surface area contributed by atoms with Gasteiger partial charge in [0.2, 0.25) is 0 Å². The van der Waals surface area contributed by atoms with Crippen LogP contribution in [0, 0.1) is 0 Å². The highest BCUT2D eigenvalue weighted by Gasteiger charge is 2.33. The number of likely N-dealkylation sites (N-methyl/N-ethyl adjacent to an activating group) is 1. The lowest BCUT2D eigenvalue weighted by atomic mass is 10.0. The fourth-order valence-corrected chi connectivity index (χ4v) is 2.57. The van der Waals surface area contributed by atoms with Crippen molar-refractivity contribution in [1.82, 2.24) is 9.88 Å². The minimum atomic E-state index is -1.17. The molecule has 20 heavy (non-hydrogen) atoms. The van der Waals surface area contributed by atoms with Gasteiger partial charge in [0.05, 0.1) is 5.60 Å². The minimum absolute atomic E-state index is 0.0778. The SMILES string of the molecule is CN(CC1(O)CCCC1)C(=O)c1cccc(C(=O)O)n1. The van der Waals surface area contributed by atoms with Crippen LogP contribution in [0.15, 0.2) is 18.2 Å². The highest BCUT2D eigenvalue weighted by atomic mass is 16.4. The van der Waals surface area contributed by atoms with Crippen LogP contribution in [0.1, 0.15) is 46.7 Å². The Hall–Kier alpha value is -1.95. The summed E-state index contributed by atoms with van der Waals surface area (Å²) in [6, 6.07) is 4.30. The third-order valence-electron chi connectivity index (χ3n) is 3.60. The molecule has 0 aliphatic heterocycles. The molecule has 0 saturated heterocycles. The molecule has 1 heterocycles. The van der Waals surface area contributed by atoms with Gasteiger partial charge in [-0.2, -0.15) is 0 Å². The zero-order valence-electron chi connectivity index (χ0n) is 11.4. The lowest BCUT2D eigenvalue weighted by molar-refractivity contribution is 0.0154. The number of carboxylic acids is 1. The fraction of sp³-hybridized carbons (Fsp3) is 0.500. The normalized spacial score (nSPS) is 16.9. The third kappa shape index (κ3) is 3.14. The molecule has 0 unspecified atom stereocenters. The Labute approximate surface area is 117 Å². The molecular formula is C14H18N2O4. The summed E-state index contributed by atoms with van der Waals surface area (Å²) in [6.45, 7) is 0.241. The summed E-state index contributed by atoms with van der Waals surface area (Å²) in [4.78, 5) is 28.3. The molecule has 1 amide bonds. The van der Waals surface area contributed by atoms with E-state index in [1.165, 1.54) is 23.1 Å². The molecule has 1 aromatic rings. The van der Waals surface area contributed by atoms with Crippen LogP contribution >= 0.6 is 0 Å². The van der Waals surface area contributed by atoms with Crippen molar-refractivity contribution in [3.05, 3.63) is 29.6 Å². The fourth-order valence-electron chi connectivity index (χ4n) is 2.57. The van der Waals surface area contributed by atoms with Crippen LogP contribution < -0.4 is 0 Å². The van der Waals surface area contributed by atoms with Crippen LogP contribution in [0.3, 0.4) is 0 Å². The van der Waals surface area contributed by atoms with Crippen LogP contribution in [-0.4, -0.2) is 51.2 Å². The second kappa shape index (κ2) is 5.58. The summed E-state index contributed by atoms with van der Waals surface area (Å²) < 4.78 is 0. The van der Waals surface area contributed by atoms with Crippen molar-refractivity contribution in [2.24, 2.45) is 0 Å². The highest BCUT2D eigenvalue weighted by molar-refractivity contribution is 5.94. The van der Waals surface area contributed by atoms with Crippen LogP contribution in [0.2, 0.25) is 0 Å². The van der Waals surface area contributed by atoms with Gasteiger partial charge >= 0.3 is 5.97 Å². The number of aliphatic hydroxyl groups is 1. The van der Waals surface area contributed by atoms with E-state index < -0.39 is 11.6 Å². The molecule has 108 valence electrons. The Morgan fingerprint density at radius 1 is 1.30 bits per heavy atom. The van der Waals surface area contributed by atoms with Gasteiger partial charge in [0.15, 0.2) is 0 Å². The predicted molar refractivity (Wildman–Crippen MR) is 71.6 cm³/mol. The molecule has 6 heteroatoms. The maximum atomic E-state index is 12.2. The number of aromatic carboxylic acids is 1. The second-order valence-corrected chi connectivity index (χ2v) is 5.31. The number of carboxylic acid groups (broad SMARTS) is 1. The van der Waals surface area contributed by atoms with Crippen LogP contribution in [0.4, 0.5) is 0 Å². The first-order valence-corrected chi connectivity index (χ1v) is 6.59. The topological polar surface area (TPSA) is 90.7 Å². The molecule has 2 rings (SSSR count). The molecule has 1 aliphatic rings. The number of hydrogen-bond acceptors (Lipinski definition) is 4. The number of amides is 1. The van der Waals surface area contributed by atoms with Gasteiger partial charge in [-0.1, -0.05) is 18.9 Å². The van der Waals surface area contributed by atoms with Gasteiger partial charge in [-0.25, -0.2) is 9.78 Å². The van der Waals surface area contributed by atoms with Crippen LogP contribution in [-0.2, 0) is 0 Å². The quantitative estimate of drug-likeness (QED) is 0.862. The van der Waals surface area contributed by atoms with Gasteiger partial charge in [-0.15, -0.1) is 0 Å². The van der Waals surface area contributed by atoms with Crippen molar-refractivity contribution in [3.8, 4) is 0 Å². The molecule has 0 bridgehead atoms. The molecule has 0 spiro atoms. The molecule has 1 aliphatic carbocycles. The van der Waals surface area contributed by atoms with Gasteiger partial charge < -0.3 is 15.1 Å². The smallest absolute Gasteiger partial charge is 0.354 e. The highest BCUT2D eigenvalue weighted by Crippen LogP contribution is 2.30. The number of pyridine rings is 1. The first kappa shape index (κ1) is 14.5. The first-order chi connectivity index (χ1) is 9.41. The lowest BCUT2D eigenvalue weighted by Gasteiger charge is -2.28. The molecule has 0 atom stereocenters. The zero-order chi connectivity index (χ0) is 14.8. The maximum Gasteiger partial charge on any atom is 0.354 e. The molecule has 0 aromatic carbocycles. The summed E-state index contributed by atoms with van der Waals surface area (Å²) in [5, 5.41) is 19.2. The second-order valence-electron chi connectivity index (χ2n) is 5.31. The molecular weight excluding hydrogens is 260 g/mol. The van der Waals surface area contributed by atoms with E-state index in [2.05, 4.69) is 4.98 Å².